The third-order valence-electron chi connectivity index (χ3n) is 1.80. The largest absolute Gasteiger partial charge is 0.465 e. The lowest BCUT2D eigenvalue weighted by Crippen LogP contribution is -2.33. The maximum absolute atomic E-state index is 10.0. The molecule has 2 unspecified atom stereocenters. The van der Waals surface area contributed by atoms with E-state index in [1.807, 2.05) is 0 Å². The van der Waals surface area contributed by atoms with Gasteiger partial charge in [-0.15, -0.1) is 0 Å². The van der Waals surface area contributed by atoms with Gasteiger partial charge in [0.05, 0.1) is 0 Å². The van der Waals surface area contributed by atoms with Crippen LogP contribution < -0.4 is 5.32 Å². The number of rotatable bonds is 2. The molecule has 64 valence electrons. The molecule has 0 aromatic heterocycles. The van der Waals surface area contributed by atoms with Gasteiger partial charge in [-0.05, 0) is 13.3 Å². The molecule has 1 amide bonds. The first-order valence-corrected chi connectivity index (χ1v) is 3.35. The van der Waals surface area contributed by atoms with Gasteiger partial charge in [-0.2, -0.15) is 0 Å². The Hall–Kier alpha value is -0.810. The molecule has 0 saturated heterocycles. The molecule has 5 heteroatoms. The van der Waals surface area contributed by atoms with E-state index in [4.69, 9.17) is 15.3 Å². The van der Waals surface area contributed by atoms with Crippen LogP contribution in [0.4, 0.5) is 4.79 Å². The van der Waals surface area contributed by atoms with Gasteiger partial charge in [-0.1, -0.05) is 0 Å². The van der Waals surface area contributed by atoms with E-state index in [1.165, 1.54) is 6.92 Å². The number of hydrogen-bond donors (Lipinski definition) is 4. The maximum atomic E-state index is 10.0. The van der Waals surface area contributed by atoms with E-state index >= 15 is 0 Å². The summed E-state index contributed by atoms with van der Waals surface area (Å²) in [5, 5.41) is 28.3. The van der Waals surface area contributed by atoms with Crippen LogP contribution in [0.15, 0.2) is 0 Å². The Morgan fingerprint density at radius 2 is 2.18 bits per heavy atom. The highest BCUT2D eigenvalue weighted by Crippen LogP contribution is 2.38. The van der Waals surface area contributed by atoms with Crippen LogP contribution in [0.1, 0.15) is 13.3 Å². The first-order valence-electron chi connectivity index (χ1n) is 3.35. The molecular weight excluding hydrogens is 150 g/mol. The Morgan fingerprint density at radius 3 is 2.45 bits per heavy atom. The predicted octanol–water partition coefficient (Wildman–Crippen LogP) is -0.657. The Bertz CT molecular complexity index is 174. The lowest BCUT2D eigenvalue weighted by molar-refractivity contribution is -0.162. The van der Waals surface area contributed by atoms with Crippen LogP contribution >= 0.6 is 0 Å². The first kappa shape index (κ1) is 8.29. The van der Waals surface area contributed by atoms with E-state index in [9.17, 15) is 4.79 Å². The molecular formula is C6H11NO4. The average molecular weight is 161 g/mol. The summed E-state index contributed by atoms with van der Waals surface area (Å²) in [6.45, 7) is 1.25. The Morgan fingerprint density at radius 1 is 1.64 bits per heavy atom. The summed E-state index contributed by atoms with van der Waals surface area (Å²) in [6.07, 6.45) is -0.628. The van der Waals surface area contributed by atoms with Crippen LogP contribution in [0.25, 0.3) is 0 Å². The summed E-state index contributed by atoms with van der Waals surface area (Å²) in [5.41, 5.74) is 0. The zero-order valence-electron chi connectivity index (χ0n) is 6.11. The second kappa shape index (κ2) is 2.35. The third-order valence-corrected chi connectivity index (χ3v) is 1.80. The van der Waals surface area contributed by atoms with Crippen molar-refractivity contribution in [3.8, 4) is 0 Å². The lowest BCUT2D eigenvalue weighted by atomic mass is 10.2. The lowest BCUT2D eigenvalue weighted by Gasteiger charge is -2.14. The topological polar surface area (TPSA) is 89.8 Å². The van der Waals surface area contributed by atoms with Crippen molar-refractivity contribution >= 4 is 6.09 Å². The van der Waals surface area contributed by atoms with Crippen molar-refractivity contribution < 1.29 is 20.1 Å². The minimum atomic E-state index is -1.76. The van der Waals surface area contributed by atoms with Gasteiger partial charge in [0.15, 0.2) is 5.79 Å². The van der Waals surface area contributed by atoms with E-state index < -0.39 is 11.9 Å². The molecule has 1 saturated carbocycles. The van der Waals surface area contributed by atoms with Crippen molar-refractivity contribution in [1.82, 2.24) is 5.32 Å². The summed E-state index contributed by atoms with van der Waals surface area (Å²) >= 11 is 0. The van der Waals surface area contributed by atoms with Crippen LogP contribution in [0, 0.1) is 5.92 Å². The molecule has 4 N–H and O–H groups in total. The monoisotopic (exact) mass is 161 g/mol. The van der Waals surface area contributed by atoms with Crippen molar-refractivity contribution in [2.45, 2.75) is 25.2 Å². The molecule has 0 spiro atoms. The second-order valence-electron chi connectivity index (χ2n) is 2.99. The summed E-state index contributed by atoms with van der Waals surface area (Å²) in [6, 6.07) is -0.299. The van der Waals surface area contributed by atoms with Gasteiger partial charge in [-0.3, -0.25) is 0 Å². The molecule has 0 radical (unpaired) electrons. The van der Waals surface area contributed by atoms with Crippen molar-refractivity contribution in [2.24, 2.45) is 5.92 Å². The fourth-order valence-electron chi connectivity index (χ4n) is 1.12. The van der Waals surface area contributed by atoms with Gasteiger partial charge < -0.3 is 20.6 Å². The molecule has 0 heterocycles. The molecule has 0 bridgehead atoms. The Kier molecular flexibility index (Phi) is 1.77. The summed E-state index contributed by atoms with van der Waals surface area (Å²) in [4.78, 5) is 10.0. The van der Waals surface area contributed by atoms with Gasteiger partial charge in [0.1, 0.15) is 0 Å². The minimum absolute atomic E-state index is 0.299. The Labute approximate surface area is 63.7 Å². The highest BCUT2D eigenvalue weighted by atomic mass is 16.5. The number of hydrogen-bond acceptors (Lipinski definition) is 3. The number of aliphatic hydroxyl groups is 2. The molecule has 0 aromatic rings. The van der Waals surface area contributed by atoms with Gasteiger partial charge in [0.2, 0.25) is 0 Å². The van der Waals surface area contributed by atoms with E-state index in [0.29, 0.717) is 6.42 Å². The molecule has 11 heavy (non-hydrogen) atoms. The van der Waals surface area contributed by atoms with Crippen LogP contribution in [-0.2, 0) is 0 Å². The molecule has 0 aromatic carbocycles. The van der Waals surface area contributed by atoms with Gasteiger partial charge >= 0.3 is 6.09 Å². The van der Waals surface area contributed by atoms with Gasteiger partial charge in [-0.25, -0.2) is 4.79 Å². The first-order chi connectivity index (χ1) is 4.91. The molecule has 2 atom stereocenters. The van der Waals surface area contributed by atoms with E-state index in [0.717, 1.165) is 0 Å². The quantitative estimate of drug-likeness (QED) is 0.405. The summed E-state index contributed by atoms with van der Waals surface area (Å²) in [7, 11) is 0. The Balaban J connectivity index is 2.32. The van der Waals surface area contributed by atoms with Crippen LogP contribution in [0.2, 0.25) is 0 Å². The minimum Gasteiger partial charge on any atom is -0.465 e. The zero-order valence-corrected chi connectivity index (χ0v) is 6.11. The standard InChI is InChI=1S/C6H11NO4/c1-6(10,11)3-2-4(3)7-5(8)9/h3-4,7,10-11H,2H2,1H3,(H,8,9). The normalized spacial score (nSPS) is 29.7. The fourth-order valence-corrected chi connectivity index (χ4v) is 1.12. The van der Waals surface area contributed by atoms with Crippen molar-refractivity contribution in [2.75, 3.05) is 0 Å². The van der Waals surface area contributed by atoms with Crippen molar-refractivity contribution in [3.05, 3.63) is 0 Å². The fraction of sp³-hybridized carbons (Fsp3) is 0.833. The average Bonchev–Trinajstić information content (AvgIpc) is 2.40. The molecule has 1 aliphatic rings. The molecule has 0 aliphatic heterocycles. The number of amides is 1. The molecule has 1 aliphatic carbocycles. The summed E-state index contributed by atoms with van der Waals surface area (Å²) in [5.74, 6) is -2.12. The number of carbonyl (C=O) groups is 1. The van der Waals surface area contributed by atoms with E-state index in [2.05, 4.69) is 5.32 Å². The van der Waals surface area contributed by atoms with Crippen molar-refractivity contribution in [1.29, 1.82) is 0 Å². The highest BCUT2D eigenvalue weighted by Gasteiger charge is 2.49. The van der Waals surface area contributed by atoms with Crippen LogP contribution in [-0.4, -0.2) is 33.2 Å². The van der Waals surface area contributed by atoms with E-state index in [1.54, 1.807) is 0 Å². The second-order valence-corrected chi connectivity index (χ2v) is 2.99. The zero-order chi connectivity index (χ0) is 8.65. The maximum Gasteiger partial charge on any atom is 0.404 e. The molecule has 5 nitrogen and oxygen atoms in total. The summed E-state index contributed by atoms with van der Waals surface area (Å²) < 4.78 is 0. The molecule has 1 rings (SSSR count). The smallest absolute Gasteiger partial charge is 0.404 e. The van der Waals surface area contributed by atoms with Crippen molar-refractivity contribution in [3.63, 3.8) is 0 Å². The van der Waals surface area contributed by atoms with Gasteiger partial charge in [0, 0.05) is 12.0 Å². The third kappa shape index (κ3) is 2.06. The SMILES string of the molecule is CC(O)(O)C1CC1NC(=O)O. The molecule has 1 fully saturated rings. The highest BCUT2D eigenvalue weighted by molar-refractivity contribution is 5.65. The van der Waals surface area contributed by atoms with Crippen LogP contribution in [0.3, 0.4) is 0 Å². The van der Waals surface area contributed by atoms with Gasteiger partial charge in [0.25, 0.3) is 0 Å². The van der Waals surface area contributed by atoms with E-state index in [-0.39, 0.29) is 12.0 Å². The number of carboxylic acid groups (broad SMARTS) is 1. The van der Waals surface area contributed by atoms with Crippen LogP contribution in [0.5, 0.6) is 0 Å². The number of nitrogens with one attached hydrogen (secondary N) is 1. The predicted molar refractivity (Wildman–Crippen MR) is 35.9 cm³/mol.